The molecule has 2 aromatic carbocycles. The van der Waals surface area contributed by atoms with Gasteiger partial charge in [-0.2, -0.15) is 0 Å². The minimum absolute atomic E-state index is 0.0599. The standard InChI is InChI=1S/C24H27F3N4O3/c1-2-34-22-6-4-3-5-21(22)29-24(33)31-13-16-10-17(31)12-30(16)23(32)9-15(28)7-14-8-19(26)20(27)11-18(14)25/h3-6,8,11,15-17H,2,7,9-10,12-13,28H2,1H3,(H,29,33)/t15-,16-,17-/m1/s1. The molecule has 0 aromatic heterocycles. The number of benzene rings is 2. The van der Waals surface area contributed by atoms with Crippen LogP contribution in [-0.2, 0) is 11.2 Å². The molecule has 2 saturated heterocycles. The highest BCUT2D eigenvalue weighted by atomic mass is 19.2. The first-order valence-electron chi connectivity index (χ1n) is 11.2. The summed E-state index contributed by atoms with van der Waals surface area (Å²) < 4.78 is 46.0. The number of rotatable bonds is 7. The Bertz CT molecular complexity index is 1080. The zero-order valence-corrected chi connectivity index (χ0v) is 18.8. The van der Waals surface area contributed by atoms with Crippen LogP contribution < -0.4 is 15.8 Å². The maximum Gasteiger partial charge on any atom is 0.322 e. The quantitative estimate of drug-likeness (QED) is 0.601. The Morgan fingerprint density at radius 2 is 1.76 bits per heavy atom. The first kappa shape index (κ1) is 23.9. The predicted molar refractivity (Wildman–Crippen MR) is 120 cm³/mol. The summed E-state index contributed by atoms with van der Waals surface area (Å²) in [4.78, 5) is 29.1. The van der Waals surface area contributed by atoms with E-state index in [-0.39, 0.29) is 42.4 Å². The SMILES string of the molecule is CCOc1ccccc1NC(=O)N1C[C@H]2C[C@@H]1CN2C(=O)C[C@H](N)Cc1cc(F)c(F)cc1F. The van der Waals surface area contributed by atoms with E-state index in [1.54, 1.807) is 21.9 Å². The van der Waals surface area contributed by atoms with Gasteiger partial charge in [0.25, 0.3) is 0 Å². The lowest BCUT2D eigenvalue weighted by atomic mass is 10.0. The molecule has 0 radical (unpaired) electrons. The van der Waals surface area contributed by atoms with Crippen LogP contribution >= 0.6 is 0 Å². The Hall–Kier alpha value is -3.27. The number of halogens is 3. The lowest BCUT2D eigenvalue weighted by Crippen LogP contribution is -2.52. The highest BCUT2D eigenvalue weighted by molar-refractivity contribution is 5.92. The van der Waals surface area contributed by atoms with E-state index < -0.39 is 23.5 Å². The maximum atomic E-state index is 13.9. The number of para-hydroxylation sites is 2. The van der Waals surface area contributed by atoms with E-state index in [1.165, 1.54) is 0 Å². The summed E-state index contributed by atoms with van der Waals surface area (Å²) in [5.74, 6) is -2.94. The molecular weight excluding hydrogens is 449 g/mol. The van der Waals surface area contributed by atoms with E-state index in [4.69, 9.17) is 10.5 Å². The number of fused-ring (bicyclic) bond motifs is 2. The van der Waals surface area contributed by atoms with Crippen molar-refractivity contribution in [2.75, 3.05) is 25.0 Å². The molecular formula is C24H27F3N4O3. The van der Waals surface area contributed by atoms with E-state index in [1.807, 2.05) is 19.1 Å². The number of likely N-dealkylation sites (tertiary alicyclic amines) is 2. The summed E-state index contributed by atoms with van der Waals surface area (Å²) in [5, 5.41) is 2.89. The smallest absolute Gasteiger partial charge is 0.322 e. The number of piperazine rings is 1. The van der Waals surface area contributed by atoms with Gasteiger partial charge in [-0.3, -0.25) is 4.79 Å². The average molecular weight is 476 g/mol. The molecule has 0 spiro atoms. The van der Waals surface area contributed by atoms with Crippen LogP contribution in [0.1, 0.15) is 25.3 Å². The average Bonchev–Trinajstić information content (AvgIpc) is 3.40. The second-order valence-corrected chi connectivity index (χ2v) is 8.63. The Morgan fingerprint density at radius 1 is 1.09 bits per heavy atom. The van der Waals surface area contributed by atoms with E-state index in [9.17, 15) is 22.8 Å². The second-order valence-electron chi connectivity index (χ2n) is 8.63. The Balaban J connectivity index is 1.31. The van der Waals surface area contributed by atoms with Gasteiger partial charge in [0.2, 0.25) is 5.91 Å². The van der Waals surface area contributed by atoms with Gasteiger partial charge in [-0.25, -0.2) is 18.0 Å². The summed E-state index contributed by atoms with van der Waals surface area (Å²) in [6.45, 7) is 3.12. The molecule has 4 rings (SSSR count). The molecule has 10 heteroatoms. The first-order chi connectivity index (χ1) is 16.3. The Labute approximate surface area is 195 Å². The number of ether oxygens (including phenoxy) is 1. The summed E-state index contributed by atoms with van der Waals surface area (Å²) in [5.41, 5.74) is 6.52. The van der Waals surface area contributed by atoms with Gasteiger partial charge in [0.05, 0.1) is 24.4 Å². The van der Waals surface area contributed by atoms with Crippen LogP contribution in [0.2, 0.25) is 0 Å². The summed E-state index contributed by atoms with van der Waals surface area (Å²) >= 11 is 0. The van der Waals surface area contributed by atoms with Crippen molar-refractivity contribution in [2.45, 2.75) is 44.3 Å². The van der Waals surface area contributed by atoms with Crippen molar-refractivity contribution in [3.05, 3.63) is 59.4 Å². The molecule has 34 heavy (non-hydrogen) atoms. The molecule has 0 unspecified atom stereocenters. The molecule has 2 aliphatic rings. The highest BCUT2D eigenvalue weighted by Crippen LogP contribution is 2.33. The van der Waals surface area contributed by atoms with Gasteiger partial charge in [-0.05, 0) is 43.5 Å². The van der Waals surface area contributed by atoms with Crippen LogP contribution in [0.15, 0.2) is 36.4 Å². The number of nitrogens with two attached hydrogens (primary N) is 1. The summed E-state index contributed by atoms with van der Waals surface area (Å²) in [7, 11) is 0. The van der Waals surface area contributed by atoms with Crippen LogP contribution in [0.25, 0.3) is 0 Å². The number of nitrogens with zero attached hydrogens (tertiary/aromatic N) is 2. The van der Waals surface area contributed by atoms with Gasteiger partial charge in [0.1, 0.15) is 11.6 Å². The van der Waals surface area contributed by atoms with Gasteiger partial charge < -0.3 is 25.6 Å². The van der Waals surface area contributed by atoms with Crippen LogP contribution in [0.5, 0.6) is 5.75 Å². The molecule has 2 bridgehead atoms. The fourth-order valence-electron chi connectivity index (χ4n) is 4.68. The third kappa shape index (κ3) is 4.96. The van der Waals surface area contributed by atoms with Gasteiger partial charge in [-0.15, -0.1) is 0 Å². The Kier molecular flexibility index (Phi) is 6.97. The van der Waals surface area contributed by atoms with E-state index in [0.717, 1.165) is 6.07 Å². The summed E-state index contributed by atoms with van der Waals surface area (Å²) in [6, 6.07) is 7.19. The number of nitrogens with one attached hydrogen (secondary N) is 1. The molecule has 2 heterocycles. The van der Waals surface area contributed by atoms with Crippen molar-refractivity contribution < 1.29 is 27.5 Å². The lowest BCUT2D eigenvalue weighted by molar-refractivity contribution is -0.133. The van der Waals surface area contributed by atoms with Gasteiger partial charge in [0, 0.05) is 31.6 Å². The largest absolute Gasteiger partial charge is 0.492 e. The van der Waals surface area contributed by atoms with Crippen molar-refractivity contribution in [3.63, 3.8) is 0 Å². The number of amides is 3. The number of urea groups is 1. The number of carbonyl (C=O) groups is 2. The minimum Gasteiger partial charge on any atom is -0.492 e. The van der Waals surface area contributed by atoms with Gasteiger partial charge >= 0.3 is 6.03 Å². The first-order valence-corrected chi connectivity index (χ1v) is 11.2. The van der Waals surface area contributed by atoms with E-state index in [2.05, 4.69) is 5.32 Å². The van der Waals surface area contributed by atoms with Crippen LogP contribution in [0.4, 0.5) is 23.7 Å². The molecule has 2 aliphatic heterocycles. The molecule has 3 amide bonds. The van der Waals surface area contributed by atoms with Crippen molar-refractivity contribution in [1.29, 1.82) is 0 Å². The number of carbonyl (C=O) groups excluding carboxylic acids is 2. The van der Waals surface area contributed by atoms with E-state index in [0.29, 0.717) is 43.6 Å². The van der Waals surface area contributed by atoms with Crippen LogP contribution in [-0.4, -0.2) is 59.6 Å². The topological polar surface area (TPSA) is 87.9 Å². The molecule has 2 aromatic rings. The Morgan fingerprint density at radius 3 is 2.47 bits per heavy atom. The molecule has 7 nitrogen and oxygen atoms in total. The molecule has 0 aliphatic carbocycles. The fourth-order valence-corrected chi connectivity index (χ4v) is 4.68. The lowest BCUT2D eigenvalue weighted by Gasteiger charge is -2.34. The van der Waals surface area contributed by atoms with E-state index >= 15 is 0 Å². The highest BCUT2D eigenvalue weighted by Gasteiger charge is 2.47. The predicted octanol–water partition coefficient (Wildman–Crippen LogP) is 3.28. The van der Waals surface area contributed by atoms with Crippen LogP contribution in [0, 0.1) is 17.5 Å². The minimum atomic E-state index is -1.27. The van der Waals surface area contributed by atoms with Crippen molar-refractivity contribution in [3.8, 4) is 5.75 Å². The van der Waals surface area contributed by atoms with Crippen molar-refractivity contribution >= 4 is 17.6 Å². The normalized spacial score (nSPS) is 19.9. The second kappa shape index (κ2) is 9.92. The zero-order chi connectivity index (χ0) is 24.4. The summed E-state index contributed by atoms with van der Waals surface area (Å²) in [6.07, 6.45) is 0.513. The number of hydrogen-bond acceptors (Lipinski definition) is 4. The molecule has 3 atom stereocenters. The van der Waals surface area contributed by atoms with Gasteiger partial charge in [0.15, 0.2) is 11.6 Å². The fraction of sp³-hybridized carbons (Fsp3) is 0.417. The molecule has 3 N–H and O–H groups in total. The third-order valence-electron chi connectivity index (χ3n) is 6.26. The molecule has 0 saturated carbocycles. The van der Waals surface area contributed by atoms with Gasteiger partial charge in [-0.1, -0.05) is 12.1 Å². The number of hydrogen-bond donors (Lipinski definition) is 2. The number of anilines is 1. The molecule has 182 valence electrons. The third-order valence-corrected chi connectivity index (χ3v) is 6.26. The molecule has 2 fully saturated rings. The monoisotopic (exact) mass is 476 g/mol. The maximum absolute atomic E-state index is 13.9. The van der Waals surface area contributed by atoms with Crippen LogP contribution in [0.3, 0.4) is 0 Å². The van der Waals surface area contributed by atoms with Crippen molar-refractivity contribution in [1.82, 2.24) is 9.80 Å². The zero-order valence-electron chi connectivity index (χ0n) is 18.8. The van der Waals surface area contributed by atoms with Crippen molar-refractivity contribution in [2.24, 2.45) is 5.73 Å².